The summed E-state index contributed by atoms with van der Waals surface area (Å²) in [5.74, 6) is -1.23. The fraction of sp³-hybridized carbons (Fsp3) is 0.273. The van der Waals surface area contributed by atoms with Gasteiger partial charge in [-0.05, 0) is 30.7 Å². The van der Waals surface area contributed by atoms with E-state index in [-0.39, 0.29) is 18.0 Å². The zero-order chi connectivity index (χ0) is 14.2. The summed E-state index contributed by atoms with van der Waals surface area (Å²) < 4.78 is 26.3. The van der Waals surface area contributed by atoms with E-state index in [0.29, 0.717) is 0 Å². The zero-order valence-electron chi connectivity index (χ0n) is 10.0. The van der Waals surface area contributed by atoms with Crippen molar-refractivity contribution < 1.29 is 18.0 Å². The Hall–Kier alpha value is -1.25. The lowest BCUT2D eigenvalue weighted by Crippen LogP contribution is -2.53. The molecule has 6 nitrogen and oxygen atoms in total. The maximum Gasteiger partial charge on any atom is 0.244 e. The highest BCUT2D eigenvalue weighted by Gasteiger charge is 2.32. The molecule has 1 saturated heterocycles. The minimum absolute atomic E-state index is 0.0655. The summed E-state index contributed by atoms with van der Waals surface area (Å²) in [7, 11) is -3.84. The molecule has 0 bridgehead atoms. The number of rotatable bonds is 2. The van der Waals surface area contributed by atoms with Crippen molar-refractivity contribution in [3.05, 3.63) is 28.2 Å². The van der Waals surface area contributed by atoms with Gasteiger partial charge < -0.3 is 0 Å². The largest absolute Gasteiger partial charge is 0.294 e. The van der Waals surface area contributed by atoms with E-state index in [1.54, 1.807) is 13.0 Å². The molecule has 102 valence electrons. The number of imide groups is 1. The van der Waals surface area contributed by atoms with Gasteiger partial charge in [-0.15, -0.1) is 0 Å². The van der Waals surface area contributed by atoms with Gasteiger partial charge in [0.2, 0.25) is 21.8 Å². The van der Waals surface area contributed by atoms with E-state index in [4.69, 9.17) is 0 Å². The van der Waals surface area contributed by atoms with Crippen LogP contribution in [0.15, 0.2) is 27.6 Å². The third kappa shape index (κ3) is 2.85. The number of piperazine rings is 1. The summed E-state index contributed by atoms with van der Waals surface area (Å²) in [6.45, 7) is 1.07. The van der Waals surface area contributed by atoms with Gasteiger partial charge in [0, 0.05) is 4.47 Å². The highest BCUT2D eigenvalue weighted by atomic mass is 79.9. The van der Waals surface area contributed by atoms with E-state index in [1.807, 2.05) is 0 Å². The van der Waals surface area contributed by atoms with E-state index in [0.717, 1.165) is 14.3 Å². The first-order valence-electron chi connectivity index (χ1n) is 5.39. The highest BCUT2D eigenvalue weighted by Crippen LogP contribution is 2.22. The Balaban J connectivity index is 2.39. The highest BCUT2D eigenvalue weighted by molar-refractivity contribution is 9.10. The fourth-order valence-electron chi connectivity index (χ4n) is 1.71. The molecule has 8 heteroatoms. The van der Waals surface area contributed by atoms with E-state index in [2.05, 4.69) is 21.2 Å². The molecule has 1 aromatic rings. The van der Waals surface area contributed by atoms with Crippen LogP contribution in [0, 0.1) is 6.92 Å². The van der Waals surface area contributed by atoms with Crippen LogP contribution in [0.1, 0.15) is 5.56 Å². The predicted molar refractivity (Wildman–Crippen MR) is 70.8 cm³/mol. The standard InChI is InChI=1S/C11H11BrN2O4S/c1-7-4-8(2-3-9(7)12)19(17,18)14-5-10(15)13-11(16)6-14/h2-4H,5-6H2,1H3,(H,13,15,16). The number of sulfonamides is 1. The van der Waals surface area contributed by atoms with Crippen LogP contribution in [0.5, 0.6) is 0 Å². The summed E-state index contributed by atoms with van der Waals surface area (Å²) in [4.78, 5) is 22.5. The Morgan fingerprint density at radius 3 is 2.32 bits per heavy atom. The fourth-order valence-corrected chi connectivity index (χ4v) is 3.39. The second-order valence-electron chi connectivity index (χ2n) is 4.16. The van der Waals surface area contributed by atoms with Crippen LogP contribution in [0.2, 0.25) is 0 Å². The Kier molecular flexibility index (Phi) is 3.75. The van der Waals surface area contributed by atoms with Gasteiger partial charge in [-0.25, -0.2) is 8.42 Å². The Labute approximate surface area is 119 Å². The molecule has 2 rings (SSSR count). The van der Waals surface area contributed by atoms with E-state index >= 15 is 0 Å². The van der Waals surface area contributed by atoms with Gasteiger partial charge >= 0.3 is 0 Å². The second-order valence-corrected chi connectivity index (χ2v) is 6.95. The van der Waals surface area contributed by atoms with Crippen molar-refractivity contribution in [1.82, 2.24) is 9.62 Å². The van der Waals surface area contributed by atoms with Crippen molar-refractivity contribution in [2.24, 2.45) is 0 Å². The number of aryl methyl sites for hydroxylation is 1. The molecular weight excluding hydrogens is 336 g/mol. The van der Waals surface area contributed by atoms with E-state index in [1.165, 1.54) is 12.1 Å². The van der Waals surface area contributed by atoms with Gasteiger partial charge in [-0.3, -0.25) is 14.9 Å². The van der Waals surface area contributed by atoms with Gasteiger partial charge in [0.25, 0.3) is 0 Å². The molecular formula is C11H11BrN2O4S. The molecule has 1 fully saturated rings. The van der Waals surface area contributed by atoms with Crippen LogP contribution in [-0.2, 0) is 19.6 Å². The monoisotopic (exact) mass is 346 g/mol. The molecule has 0 atom stereocenters. The van der Waals surface area contributed by atoms with Crippen LogP contribution < -0.4 is 5.32 Å². The Morgan fingerprint density at radius 1 is 1.21 bits per heavy atom. The molecule has 0 radical (unpaired) electrons. The quantitative estimate of drug-likeness (QED) is 0.786. The van der Waals surface area contributed by atoms with Gasteiger partial charge in [0.1, 0.15) is 0 Å². The van der Waals surface area contributed by atoms with Crippen LogP contribution in [0.25, 0.3) is 0 Å². The molecule has 0 spiro atoms. The molecule has 0 unspecified atom stereocenters. The smallest absolute Gasteiger partial charge is 0.244 e. The van der Waals surface area contributed by atoms with Gasteiger partial charge in [0.05, 0.1) is 18.0 Å². The number of carbonyl (C=O) groups excluding carboxylic acids is 2. The predicted octanol–water partition coefficient (Wildman–Crippen LogP) is 0.405. The van der Waals surface area contributed by atoms with Crippen molar-refractivity contribution in [1.29, 1.82) is 0 Å². The number of halogens is 1. The van der Waals surface area contributed by atoms with E-state index < -0.39 is 21.8 Å². The van der Waals surface area contributed by atoms with Crippen molar-refractivity contribution >= 4 is 37.8 Å². The molecule has 0 aliphatic carbocycles. The SMILES string of the molecule is Cc1cc(S(=O)(=O)N2CC(=O)NC(=O)C2)ccc1Br. The summed E-state index contributed by atoms with van der Waals surface area (Å²) in [6, 6.07) is 4.55. The first-order chi connectivity index (χ1) is 8.80. The lowest BCUT2D eigenvalue weighted by Gasteiger charge is -2.24. The van der Waals surface area contributed by atoms with Gasteiger partial charge in [-0.2, -0.15) is 4.31 Å². The minimum Gasteiger partial charge on any atom is -0.294 e. The van der Waals surface area contributed by atoms with Crippen LogP contribution in [0.4, 0.5) is 0 Å². The average Bonchev–Trinajstić information content (AvgIpc) is 2.31. The maximum atomic E-state index is 12.3. The molecule has 1 heterocycles. The first-order valence-corrected chi connectivity index (χ1v) is 7.63. The molecule has 2 amide bonds. The summed E-state index contributed by atoms with van der Waals surface area (Å²) in [5.41, 5.74) is 0.758. The van der Waals surface area contributed by atoms with Crippen LogP contribution >= 0.6 is 15.9 Å². The number of nitrogens with one attached hydrogen (secondary N) is 1. The number of hydrogen-bond donors (Lipinski definition) is 1. The van der Waals surface area contributed by atoms with Gasteiger partial charge in [-0.1, -0.05) is 15.9 Å². The normalized spacial score (nSPS) is 17.4. The summed E-state index contributed by atoms with van der Waals surface area (Å²) in [6.07, 6.45) is 0. The third-order valence-corrected chi connectivity index (χ3v) is 5.36. The Morgan fingerprint density at radius 2 is 1.79 bits per heavy atom. The lowest BCUT2D eigenvalue weighted by atomic mass is 10.2. The second kappa shape index (κ2) is 5.03. The van der Waals surface area contributed by atoms with Crippen LogP contribution in [0.3, 0.4) is 0 Å². The first kappa shape index (κ1) is 14.2. The molecule has 1 aromatic carbocycles. The molecule has 1 aliphatic heterocycles. The number of hydrogen-bond acceptors (Lipinski definition) is 4. The number of benzene rings is 1. The van der Waals surface area contributed by atoms with Crippen molar-refractivity contribution in [3.8, 4) is 0 Å². The minimum atomic E-state index is -3.84. The van der Waals surface area contributed by atoms with Crippen molar-refractivity contribution in [2.45, 2.75) is 11.8 Å². The Bertz CT molecular complexity index is 641. The zero-order valence-corrected chi connectivity index (χ0v) is 12.4. The van der Waals surface area contributed by atoms with Crippen molar-refractivity contribution in [2.75, 3.05) is 13.1 Å². The lowest BCUT2D eigenvalue weighted by molar-refractivity contribution is -0.134. The number of amides is 2. The topological polar surface area (TPSA) is 83.6 Å². The molecule has 1 N–H and O–H groups in total. The number of nitrogens with zero attached hydrogens (tertiary/aromatic N) is 1. The van der Waals surface area contributed by atoms with Gasteiger partial charge in [0.15, 0.2) is 0 Å². The molecule has 19 heavy (non-hydrogen) atoms. The molecule has 0 aromatic heterocycles. The maximum absolute atomic E-state index is 12.3. The average molecular weight is 347 g/mol. The summed E-state index contributed by atoms with van der Waals surface area (Å²) >= 11 is 3.28. The molecule has 0 saturated carbocycles. The van der Waals surface area contributed by atoms with Crippen LogP contribution in [-0.4, -0.2) is 37.6 Å². The van der Waals surface area contributed by atoms with Crippen molar-refractivity contribution in [3.63, 3.8) is 0 Å². The van der Waals surface area contributed by atoms with E-state index in [9.17, 15) is 18.0 Å². The number of carbonyl (C=O) groups is 2. The summed E-state index contributed by atoms with van der Waals surface area (Å²) in [5, 5.41) is 2.06. The third-order valence-electron chi connectivity index (χ3n) is 2.69. The molecule has 1 aliphatic rings.